The molecule has 3 heteroatoms. The van der Waals surface area contributed by atoms with E-state index in [2.05, 4.69) is 44.3 Å². The van der Waals surface area contributed by atoms with Crippen LogP contribution in [0.5, 0.6) is 0 Å². The fraction of sp³-hybridized carbons (Fsp3) is 0.667. The van der Waals surface area contributed by atoms with Crippen LogP contribution in [0.15, 0.2) is 22.7 Å². The first-order chi connectivity index (χ1) is 10.3. The van der Waals surface area contributed by atoms with Crippen LogP contribution in [0.4, 0.5) is 5.69 Å². The molecule has 0 bridgehead atoms. The molecule has 0 spiro atoms. The number of nitrogens with one attached hydrogen (secondary N) is 1. The molecule has 1 aromatic rings. The predicted molar refractivity (Wildman–Crippen MR) is 91.7 cm³/mol. The minimum atomic E-state index is 0.782. The van der Waals surface area contributed by atoms with Gasteiger partial charge >= 0.3 is 0 Å². The van der Waals surface area contributed by atoms with E-state index >= 15 is 0 Å². The summed E-state index contributed by atoms with van der Waals surface area (Å²) < 4.78 is 1.28. The van der Waals surface area contributed by atoms with Gasteiger partial charge in [0, 0.05) is 30.1 Å². The number of anilines is 1. The molecule has 0 radical (unpaired) electrons. The van der Waals surface area contributed by atoms with Crippen LogP contribution in [-0.4, -0.2) is 19.1 Å². The standard InChI is InChI=1S/C18H25BrN2/c19-17-9-15(10-20-16-6-7-16)5-8-18(17)21(11-13-1-2-13)12-14-3-4-14/h5,8-9,13-14,16,20H,1-4,6-7,10-12H2. The van der Waals surface area contributed by atoms with E-state index in [9.17, 15) is 0 Å². The highest BCUT2D eigenvalue weighted by atomic mass is 79.9. The van der Waals surface area contributed by atoms with Gasteiger partial charge in [0.2, 0.25) is 0 Å². The summed E-state index contributed by atoms with van der Waals surface area (Å²) in [7, 11) is 0. The second-order valence-electron chi connectivity index (χ2n) is 7.23. The maximum atomic E-state index is 3.82. The number of nitrogens with zero attached hydrogens (tertiary/aromatic N) is 1. The number of hydrogen-bond donors (Lipinski definition) is 1. The van der Waals surface area contributed by atoms with Crippen molar-refractivity contribution in [3.8, 4) is 0 Å². The number of benzene rings is 1. The van der Waals surface area contributed by atoms with Crippen molar-refractivity contribution in [3.63, 3.8) is 0 Å². The lowest BCUT2D eigenvalue weighted by molar-refractivity contribution is 0.675. The highest BCUT2D eigenvalue weighted by Crippen LogP contribution is 2.38. The van der Waals surface area contributed by atoms with Crippen LogP contribution < -0.4 is 10.2 Å². The Kier molecular flexibility index (Phi) is 3.97. The van der Waals surface area contributed by atoms with E-state index in [1.807, 2.05) is 0 Å². The Morgan fingerprint density at radius 1 is 1.00 bits per heavy atom. The molecule has 114 valence electrons. The third kappa shape index (κ3) is 4.01. The minimum Gasteiger partial charge on any atom is -0.370 e. The zero-order chi connectivity index (χ0) is 14.2. The van der Waals surface area contributed by atoms with Crippen molar-refractivity contribution in [2.75, 3.05) is 18.0 Å². The second-order valence-corrected chi connectivity index (χ2v) is 8.09. The Bertz CT molecular complexity index is 490. The molecule has 1 aromatic carbocycles. The largest absolute Gasteiger partial charge is 0.370 e. The van der Waals surface area contributed by atoms with Crippen LogP contribution in [-0.2, 0) is 6.54 Å². The molecular formula is C18H25BrN2. The zero-order valence-corrected chi connectivity index (χ0v) is 14.2. The van der Waals surface area contributed by atoms with Gasteiger partial charge in [0.1, 0.15) is 0 Å². The van der Waals surface area contributed by atoms with Crippen LogP contribution in [0.2, 0.25) is 0 Å². The first kappa shape index (κ1) is 14.1. The van der Waals surface area contributed by atoms with Crippen LogP contribution in [0.3, 0.4) is 0 Å². The number of hydrogen-bond acceptors (Lipinski definition) is 2. The molecule has 4 rings (SSSR count). The van der Waals surface area contributed by atoms with Gasteiger partial charge in [0.15, 0.2) is 0 Å². The molecule has 0 atom stereocenters. The Balaban J connectivity index is 1.44. The van der Waals surface area contributed by atoms with Crippen LogP contribution in [0.25, 0.3) is 0 Å². The molecule has 0 heterocycles. The normalized spacial score (nSPS) is 21.6. The smallest absolute Gasteiger partial charge is 0.0511 e. The summed E-state index contributed by atoms with van der Waals surface area (Å²) in [6.07, 6.45) is 8.44. The number of rotatable bonds is 8. The van der Waals surface area contributed by atoms with Gasteiger partial charge in [-0.05, 0) is 84.0 Å². The molecule has 0 unspecified atom stereocenters. The van der Waals surface area contributed by atoms with E-state index in [1.165, 1.54) is 67.3 Å². The first-order valence-corrected chi connectivity index (χ1v) is 9.34. The zero-order valence-electron chi connectivity index (χ0n) is 12.7. The SMILES string of the molecule is Brc1cc(CNC2CC2)ccc1N(CC1CC1)CC1CC1. The monoisotopic (exact) mass is 348 g/mol. The van der Waals surface area contributed by atoms with Crippen molar-refractivity contribution in [1.29, 1.82) is 0 Å². The summed E-state index contributed by atoms with van der Waals surface area (Å²) in [6, 6.07) is 7.74. The first-order valence-electron chi connectivity index (χ1n) is 8.54. The van der Waals surface area contributed by atoms with E-state index < -0.39 is 0 Å². The van der Waals surface area contributed by atoms with E-state index in [0.717, 1.165) is 24.4 Å². The van der Waals surface area contributed by atoms with Crippen molar-refractivity contribution in [2.45, 2.75) is 51.1 Å². The lowest BCUT2D eigenvalue weighted by atomic mass is 10.1. The summed E-state index contributed by atoms with van der Waals surface area (Å²) in [5.74, 6) is 1.90. The van der Waals surface area contributed by atoms with Crippen LogP contribution in [0, 0.1) is 11.8 Å². The Hall–Kier alpha value is -0.540. The molecular weight excluding hydrogens is 324 g/mol. The molecule has 0 aromatic heterocycles. The van der Waals surface area contributed by atoms with Crippen molar-refractivity contribution >= 4 is 21.6 Å². The third-order valence-electron chi connectivity index (χ3n) is 4.88. The molecule has 0 aliphatic heterocycles. The third-order valence-corrected chi connectivity index (χ3v) is 5.51. The average molecular weight is 349 g/mol. The van der Waals surface area contributed by atoms with Gasteiger partial charge < -0.3 is 10.2 Å². The summed E-state index contributed by atoms with van der Waals surface area (Å²) in [5, 5.41) is 3.60. The van der Waals surface area contributed by atoms with Crippen molar-refractivity contribution < 1.29 is 0 Å². The maximum Gasteiger partial charge on any atom is 0.0511 e. The Morgan fingerprint density at radius 3 is 2.19 bits per heavy atom. The quantitative estimate of drug-likeness (QED) is 0.752. The van der Waals surface area contributed by atoms with E-state index in [0.29, 0.717) is 0 Å². The van der Waals surface area contributed by atoms with Gasteiger partial charge in [-0.15, -0.1) is 0 Å². The summed E-state index contributed by atoms with van der Waals surface area (Å²) in [6.45, 7) is 3.53. The van der Waals surface area contributed by atoms with Crippen LogP contribution >= 0.6 is 15.9 Å². The van der Waals surface area contributed by atoms with Crippen molar-refractivity contribution in [2.24, 2.45) is 11.8 Å². The van der Waals surface area contributed by atoms with Gasteiger partial charge in [-0.25, -0.2) is 0 Å². The highest BCUT2D eigenvalue weighted by molar-refractivity contribution is 9.10. The molecule has 3 fully saturated rings. The molecule has 0 amide bonds. The molecule has 3 aliphatic carbocycles. The van der Waals surface area contributed by atoms with Crippen molar-refractivity contribution in [3.05, 3.63) is 28.2 Å². The van der Waals surface area contributed by atoms with E-state index in [1.54, 1.807) is 0 Å². The van der Waals surface area contributed by atoms with Gasteiger partial charge in [-0.1, -0.05) is 6.07 Å². The van der Waals surface area contributed by atoms with Crippen molar-refractivity contribution in [1.82, 2.24) is 5.32 Å². The Labute approximate surface area is 136 Å². The molecule has 0 saturated heterocycles. The molecule has 2 nitrogen and oxygen atoms in total. The highest BCUT2D eigenvalue weighted by Gasteiger charge is 2.30. The second kappa shape index (κ2) is 5.92. The maximum absolute atomic E-state index is 3.82. The fourth-order valence-electron chi connectivity index (χ4n) is 2.96. The molecule has 3 aliphatic rings. The van der Waals surface area contributed by atoms with Gasteiger partial charge in [0.25, 0.3) is 0 Å². The minimum absolute atomic E-state index is 0.782. The average Bonchev–Trinajstić information content (AvgIpc) is 3.33. The summed E-state index contributed by atoms with van der Waals surface area (Å²) in [4.78, 5) is 2.64. The number of halogens is 1. The summed E-state index contributed by atoms with van der Waals surface area (Å²) in [5.41, 5.74) is 2.80. The van der Waals surface area contributed by atoms with Gasteiger partial charge in [-0.2, -0.15) is 0 Å². The Morgan fingerprint density at radius 2 is 1.67 bits per heavy atom. The van der Waals surface area contributed by atoms with E-state index in [-0.39, 0.29) is 0 Å². The fourth-order valence-corrected chi connectivity index (χ4v) is 3.64. The lowest BCUT2D eigenvalue weighted by Crippen LogP contribution is -2.28. The summed E-state index contributed by atoms with van der Waals surface area (Å²) >= 11 is 3.82. The van der Waals surface area contributed by atoms with Crippen LogP contribution in [0.1, 0.15) is 44.1 Å². The molecule has 3 saturated carbocycles. The van der Waals surface area contributed by atoms with E-state index in [4.69, 9.17) is 0 Å². The van der Waals surface area contributed by atoms with Gasteiger partial charge in [0.05, 0.1) is 5.69 Å². The van der Waals surface area contributed by atoms with Gasteiger partial charge in [-0.3, -0.25) is 0 Å². The molecule has 1 N–H and O–H groups in total. The topological polar surface area (TPSA) is 15.3 Å². The molecule has 21 heavy (non-hydrogen) atoms. The lowest BCUT2D eigenvalue weighted by Gasteiger charge is -2.26. The predicted octanol–water partition coefficient (Wildman–Crippen LogP) is 4.33.